The summed E-state index contributed by atoms with van der Waals surface area (Å²) in [5, 5.41) is 2.51. The number of hydrogen-bond acceptors (Lipinski definition) is 2. The zero-order valence-electron chi connectivity index (χ0n) is 63.6. The van der Waals surface area contributed by atoms with Crippen molar-refractivity contribution >= 4 is 110 Å². The molecule has 0 atom stereocenters. The van der Waals surface area contributed by atoms with Crippen molar-refractivity contribution in [3.05, 3.63) is 204 Å². The van der Waals surface area contributed by atoms with Gasteiger partial charge in [0.25, 0.3) is 0 Å². The average molecular weight is 957 g/mol. The van der Waals surface area contributed by atoms with Crippen molar-refractivity contribution in [2.75, 3.05) is 9.80 Å². The van der Waals surface area contributed by atoms with E-state index in [9.17, 15) is 21.9 Å². The van der Waals surface area contributed by atoms with E-state index in [1.165, 1.54) is 0 Å². The number of para-hydroxylation sites is 2. The molecule has 0 fully saturated rings. The smallest absolute Gasteiger partial charge is 0.0645 e. The largest absolute Gasteiger partial charge is 0.310 e. The molecule has 0 radical (unpaired) electrons. The third-order valence-corrected chi connectivity index (χ3v) is 14.1. The highest BCUT2D eigenvalue weighted by molar-refractivity contribution is 6.32. The van der Waals surface area contributed by atoms with Crippen molar-refractivity contribution in [2.24, 2.45) is 0 Å². The maximum atomic E-state index is 10.4. The summed E-state index contributed by atoms with van der Waals surface area (Å²) in [6.45, 7) is 18.8. The lowest BCUT2D eigenvalue weighted by molar-refractivity contribution is 0.591. The van der Waals surface area contributed by atoms with E-state index in [0.717, 1.165) is 20.9 Å². The lowest BCUT2D eigenvalue weighted by Gasteiger charge is -2.27. The lowest BCUT2D eigenvalue weighted by atomic mass is 9.86. The van der Waals surface area contributed by atoms with Gasteiger partial charge in [0.05, 0.1) is 74.6 Å². The van der Waals surface area contributed by atoms with Gasteiger partial charge in [0, 0.05) is 65.8 Å². The predicted molar refractivity (Wildman–Crippen MR) is 311 cm³/mol. The third kappa shape index (κ3) is 6.57. The van der Waals surface area contributed by atoms with Gasteiger partial charge in [-0.25, -0.2) is 0 Å². The first-order valence-electron chi connectivity index (χ1n) is 35.2. The van der Waals surface area contributed by atoms with E-state index in [1.807, 2.05) is 86.7 Å². The predicted octanol–water partition coefficient (Wildman–Crippen LogP) is 19.8. The number of rotatable bonds is 8. The van der Waals surface area contributed by atoms with Crippen molar-refractivity contribution in [3.63, 3.8) is 0 Å². The molecule has 0 N–H and O–H groups in total. The zero-order chi connectivity index (χ0) is 68.7. The van der Waals surface area contributed by atoms with E-state index in [1.54, 1.807) is 39.8 Å². The Morgan fingerprint density at radius 3 is 1.08 bits per heavy atom. The molecule has 9 aromatic carbocycles. The van der Waals surface area contributed by atoms with Crippen LogP contribution in [0.3, 0.4) is 0 Å². The number of nitrogens with zero attached hydrogens (tertiary/aromatic N) is 4. The van der Waals surface area contributed by atoms with Gasteiger partial charge < -0.3 is 18.6 Å². The molecule has 0 saturated heterocycles. The second kappa shape index (κ2) is 15.8. The van der Waals surface area contributed by atoms with E-state index < -0.39 is 178 Å². The minimum atomic E-state index is -0.782. The molecule has 354 valence electrons. The highest BCUT2D eigenvalue weighted by atomic mass is 15.2. The molecule has 0 saturated carbocycles. The molecule has 0 bridgehead atoms. The Kier molecular flexibility index (Phi) is 5.85. The van der Waals surface area contributed by atoms with Gasteiger partial charge in [-0.1, -0.05) is 154 Å². The number of fused-ring (bicyclic) bond motifs is 12. The molecule has 13 rings (SSSR count). The van der Waals surface area contributed by atoms with Crippen LogP contribution in [0.5, 0.6) is 0 Å². The van der Waals surface area contributed by atoms with Crippen LogP contribution < -0.4 is 9.80 Å². The summed E-state index contributed by atoms with van der Waals surface area (Å²) in [6, 6.07) is 0.902. The second-order valence-electron chi connectivity index (χ2n) is 21.4. The monoisotopic (exact) mass is 957 g/mol. The summed E-state index contributed by atoms with van der Waals surface area (Å²) in [4.78, 5) is 2.06. The zero-order valence-corrected chi connectivity index (χ0v) is 41.6. The first kappa shape index (κ1) is 26.6. The van der Waals surface area contributed by atoms with Gasteiger partial charge in [-0.15, -0.1) is 0 Å². The SMILES string of the molecule is [2H]c1c([2H])c([2H])c(N(c2c([2H])c([2H])c(C(C)C)c([2H])c2[2H])c2c([2H])c([2H])c3c4cc5c(cc4n4c6ccc(C(C)(C)C)cc6c2c34)c2c([2H])c([2H])c(N(c3c([2H])c([2H])c([2H])c([2H])c3[2H])c3c([2H])c([2H])c(C(C)C)c([2H])c3[2H])c3c4cc(C(C)(C)C)ccc4n5c23)c([2H])c1[2H]. The Morgan fingerprint density at radius 2 is 0.736 bits per heavy atom. The summed E-state index contributed by atoms with van der Waals surface area (Å²) in [5.74, 6) is -1.04. The van der Waals surface area contributed by atoms with Gasteiger partial charge in [-0.2, -0.15) is 0 Å². The normalized spacial score (nSPS) is 17.1. The van der Waals surface area contributed by atoms with E-state index >= 15 is 0 Å². The number of anilines is 6. The fourth-order valence-corrected chi connectivity index (χ4v) is 10.3. The van der Waals surface area contributed by atoms with Crippen LogP contribution in [0, 0.1) is 0 Å². The molecule has 13 aromatic rings. The van der Waals surface area contributed by atoms with Gasteiger partial charge in [-0.05, 0) is 142 Å². The molecule has 0 spiro atoms. The van der Waals surface area contributed by atoms with Crippen molar-refractivity contribution in [1.29, 1.82) is 0 Å². The van der Waals surface area contributed by atoms with Crippen LogP contribution in [0.25, 0.3) is 76.2 Å². The average Bonchev–Trinajstić information content (AvgIpc) is 1.50. The third-order valence-electron chi connectivity index (χ3n) is 14.1. The minimum absolute atomic E-state index is 0.0613. The summed E-state index contributed by atoms with van der Waals surface area (Å²) < 4.78 is 212. The van der Waals surface area contributed by atoms with Gasteiger partial charge >= 0.3 is 0 Å². The van der Waals surface area contributed by atoms with Crippen LogP contribution >= 0.6 is 0 Å². The Labute approximate surface area is 453 Å². The Balaban J connectivity index is 1.25. The van der Waals surface area contributed by atoms with Crippen LogP contribution in [-0.2, 0) is 10.8 Å². The molecule has 0 unspecified atom stereocenters. The quantitative estimate of drug-likeness (QED) is 0.151. The van der Waals surface area contributed by atoms with Crippen molar-refractivity contribution < 1.29 is 30.2 Å². The molecule has 0 aliphatic rings. The molecule has 0 amide bonds. The first-order valence-corrected chi connectivity index (χ1v) is 24.2. The Bertz CT molecular complexity index is 5120. The summed E-state index contributed by atoms with van der Waals surface area (Å²) in [6.07, 6.45) is 0. The molecule has 4 aromatic heterocycles. The van der Waals surface area contributed by atoms with Gasteiger partial charge in [0.15, 0.2) is 0 Å². The fourth-order valence-electron chi connectivity index (χ4n) is 10.3. The summed E-state index contributed by atoms with van der Waals surface area (Å²) in [7, 11) is 0. The van der Waals surface area contributed by atoms with Crippen molar-refractivity contribution in [2.45, 2.75) is 91.9 Å². The Hall–Kier alpha value is -7.82. The van der Waals surface area contributed by atoms with Gasteiger partial charge in [-0.3, -0.25) is 0 Å². The molecule has 4 heterocycles. The highest BCUT2D eigenvalue weighted by Crippen LogP contribution is 2.52. The number of aromatic nitrogens is 2. The van der Waals surface area contributed by atoms with Gasteiger partial charge in [0.2, 0.25) is 0 Å². The molecule has 0 aliphatic heterocycles. The van der Waals surface area contributed by atoms with Crippen LogP contribution in [0.15, 0.2) is 181 Å². The summed E-state index contributed by atoms with van der Waals surface area (Å²) >= 11 is 0. The molecular weight excluding hydrogens is 873 g/mol. The Morgan fingerprint density at radius 1 is 0.375 bits per heavy atom. The second-order valence-corrected chi connectivity index (χ2v) is 21.4. The molecule has 4 heteroatoms. The van der Waals surface area contributed by atoms with Crippen molar-refractivity contribution in [3.8, 4) is 0 Å². The fraction of sp³-hybridized carbons (Fsp3) is 0.206. The van der Waals surface area contributed by atoms with E-state index in [0.29, 0.717) is 54.6 Å². The summed E-state index contributed by atoms with van der Waals surface area (Å²) in [5.41, 5.74) is 0.354. The van der Waals surface area contributed by atoms with E-state index in [4.69, 9.17) is 8.22 Å². The maximum absolute atomic E-state index is 10.4. The molecule has 0 aliphatic carbocycles. The van der Waals surface area contributed by atoms with Crippen LogP contribution in [0.4, 0.5) is 34.1 Å². The van der Waals surface area contributed by atoms with E-state index in [-0.39, 0.29) is 44.0 Å². The number of benzene rings is 9. The standard InChI is InChI=1S/C68H62N4/c1-41(2)43-21-27-49(28-22-43)69(47-17-13-11-14-18-47)59-35-31-51-53-39-62-54(40-61(53)71-57-33-25-45(67(5,6)7)37-55(57)63(59)65(51)71)52-32-36-60(64-56-38-46(68(8,9)10)26-34-58(56)72(62)66(52)64)70(48-19-15-12-16-20-48)50-29-23-44(24-30-50)42(3)4/h11-42H,1-10H3/i11D,12D,13D,14D,15D,16D,17D,18D,19D,20D,21D,22D,23D,24D,27D,28D,29D,30D,31D,32D,35D,36D. The maximum Gasteiger partial charge on any atom is 0.0645 e. The first-order chi connectivity index (χ1) is 43.8. The highest BCUT2D eigenvalue weighted by Gasteiger charge is 2.29. The lowest BCUT2D eigenvalue weighted by Crippen LogP contribution is -2.11. The van der Waals surface area contributed by atoms with Crippen LogP contribution in [0.1, 0.15) is 133 Å². The van der Waals surface area contributed by atoms with Crippen molar-refractivity contribution in [1.82, 2.24) is 8.80 Å². The molecular formula is C68H62N4. The van der Waals surface area contributed by atoms with E-state index in [2.05, 4.69) is 0 Å². The van der Waals surface area contributed by atoms with Gasteiger partial charge in [0.1, 0.15) is 0 Å². The topological polar surface area (TPSA) is 15.3 Å². The van der Waals surface area contributed by atoms with Crippen LogP contribution in [0.2, 0.25) is 0 Å². The molecule has 72 heavy (non-hydrogen) atoms. The number of hydrogen-bond donors (Lipinski definition) is 0. The minimum Gasteiger partial charge on any atom is -0.310 e. The molecule has 4 nitrogen and oxygen atoms in total. The van der Waals surface area contributed by atoms with Crippen LogP contribution in [-0.4, -0.2) is 8.80 Å².